The minimum Gasteiger partial charge on any atom is -0.495 e. The van der Waals surface area contributed by atoms with Crippen molar-refractivity contribution in [3.63, 3.8) is 0 Å². The van der Waals surface area contributed by atoms with Crippen LogP contribution in [0.5, 0.6) is 5.75 Å². The predicted octanol–water partition coefficient (Wildman–Crippen LogP) is 0.892. The van der Waals surface area contributed by atoms with Gasteiger partial charge in [-0.05, 0) is 12.1 Å². The minimum absolute atomic E-state index is 0.0162. The number of carboxylic acids is 2. The van der Waals surface area contributed by atoms with E-state index in [1.807, 2.05) is 0 Å². The van der Waals surface area contributed by atoms with Crippen molar-refractivity contribution in [3.8, 4) is 5.75 Å². The molecule has 0 unspecified atom stereocenters. The van der Waals surface area contributed by atoms with Crippen molar-refractivity contribution in [2.45, 2.75) is 0 Å². The quantitative estimate of drug-likeness (QED) is 0.748. The third-order valence-corrected chi connectivity index (χ3v) is 1.58. The second kappa shape index (κ2) is 3.78. The molecule has 0 heterocycles. The summed E-state index contributed by atoms with van der Waals surface area (Å²) in [6.45, 7) is 0. The summed E-state index contributed by atoms with van der Waals surface area (Å²) < 4.78 is 4.71. The molecule has 73 valence electrons. The lowest BCUT2D eigenvalue weighted by molar-refractivity contribution is 0.0693. The monoisotopic (exact) mass is 195 g/mol. The predicted molar refractivity (Wildman–Crippen MR) is 45.7 cm³/mol. The average Bonchev–Trinajstić information content (AvgIpc) is 2.16. The standard InChI is InChI=1S/C9H7O5/c1-14-7-3-2-5(8(10)11)4-6(7)9(12)13/h2,4H,1H3,(H,10,11)(H,12,13). The first kappa shape index (κ1) is 10.0. The molecule has 5 heteroatoms. The van der Waals surface area contributed by atoms with Crippen LogP contribution in [0.2, 0.25) is 0 Å². The second-order valence-electron chi connectivity index (χ2n) is 2.45. The Morgan fingerprint density at radius 3 is 2.43 bits per heavy atom. The van der Waals surface area contributed by atoms with Crippen molar-refractivity contribution >= 4 is 11.9 Å². The van der Waals surface area contributed by atoms with Gasteiger partial charge in [-0.3, -0.25) is 0 Å². The third-order valence-electron chi connectivity index (χ3n) is 1.58. The van der Waals surface area contributed by atoms with E-state index in [-0.39, 0.29) is 16.9 Å². The fourth-order valence-electron chi connectivity index (χ4n) is 0.935. The smallest absolute Gasteiger partial charge is 0.339 e. The van der Waals surface area contributed by atoms with E-state index >= 15 is 0 Å². The largest absolute Gasteiger partial charge is 0.495 e. The molecule has 0 saturated carbocycles. The maximum absolute atomic E-state index is 10.7. The van der Waals surface area contributed by atoms with Crippen LogP contribution in [0.4, 0.5) is 0 Å². The second-order valence-corrected chi connectivity index (χ2v) is 2.45. The number of rotatable bonds is 3. The van der Waals surface area contributed by atoms with Gasteiger partial charge in [-0.2, -0.15) is 0 Å². The van der Waals surface area contributed by atoms with Gasteiger partial charge in [-0.1, -0.05) is 0 Å². The first-order valence-corrected chi connectivity index (χ1v) is 3.62. The van der Waals surface area contributed by atoms with Gasteiger partial charge in [0.15, 0.2) is 0 Å². The van der Waals surface area contributed by atoms with E-state index in [1.54, 1.807) is 0 Å². The minimum atomic E-state index is -1.25. The molecule has 0 saturated heterocycles. The number of methoxy groups -OCH3 is 1. The van der Waals surface area contributed by atoms with Crippen molar-refractivity contribution in [2.24, 2.45) is 0 Å². The number of carboxylic acid groups (broad SMARTS) is 2. The van der Waals surface area contributed by atoms with Gasteiger partial charge in [0.05, 0.1) is 12.7 Å². The molecule has 2 N–H and O–H groups in total. The van der Waals surface area contributed by atoms with E-state index in [0.29, 0.717) is 0 Å². The van der Waals surface area contributed by atoms with Crippen molar-refractivity contribution in [2.75, 3.05) is 7.11 Å². The van der Waals surface area contributed by atoms with E-state index in [0.717, 1.165) is 12.1 Å². The summed E-state index contributed by atoms with van der Waals surface area (Å²) in [5, 5.41) is 17.3. The van der Waals surface area contributed by atoms with Crippen LogP contribution >= 0.6 is 0 Å². The maximum atomic E-state index is 10.7. The van der Waals surface area contributed by atoms with E-state index in [2.05, 4.69) is 6.07 Å². The van der Waals surface area contributed by atoms with Gasteiger partial charge in [0.1, 0.15) is 11.3 Å². The lowest BCUT2D eigenvalue weighted by Gasteiger charge is -2.04. The molecule has 0 spiro atoms. The number of ether oxygens (including phenoxy) is 1. The fourth-order valence-corrected chi connectivity index (χ4v) is 0.935. The topological polar surface area (TPSA) is 83.8 Å². The van der Waals surface area contributed by atoms with Gasteiger partial charge < -0.3 is 14.9 Å². The highest BCUT2D eigenvalue weighted by molar-refractivity contribution is 5.95. The Labute approximate surface area is 79.6 Å². The molecule has 0 aliphatic rings. The van der Waals surface area contributed by atoms with E-state index < -0.39 is 11.9 Å². The van der Waals surface area contributed by atoms with Gasteiger partial charge in [0.25, 0.3) is 0 Å². The fraction of sp³-hybridized carbons (Fsp3) is 0.111. The molecule has 0 aliphatic heterocycles. The summed E-state index contributed by atoms with van der Waals surface area (Å²) in [5.74, 6) is -2.44. The Morgan fingerprint density at radius 1 is 1.36 bits per heavy atom. The van der Waals surface area contributed by atoms with Crippen LogP contribution in [0.25, 0.3) is 0 Å². The van der Waals surface area contributed by atoms with Crippen LogP contribution in [0.1, 0.15) is 20.7 Å². The zero-order chi connectivity index (χ0) is 10.7. The maximum Gasteiger partial charge on any atom is 0.339 e. The molecule has 1 rings (SSSR count). The summed E-state index contributed by atoms with van der Waals surface area (Å²) in [7, 11) is 1.29. The van der Waals surface area contributed by atoms with Gasteiger partial charge in [0.2, 0.25) is 0 Å². The Kier molecular flexibility index (Phi) is 2.71. The third kappa shape index (κ3) is 1.82. The molecular formula is C9H7O5. The summed E-state index contributed by atoms with van der Waals surface area (Å²) >= 11 is 0. The van der Waals surface area contributed by atoms with Gasteiger partial charge in [-0.15, -0.1) is 0 Å². The van der Waals surface area contributed by atoms with Crippen LogP contribution in [-0.4, -0.2) is 29.3 Å². The molecule has 0 aromatic heterocycles. The average molecular weight is 195 g/mol. The number of carbonyl (C=O) groups is 2. The number of hydrogen-bond acceptors (Lipinski definition) is 3. The highest BCUT2D eigenvalue weighted by Gasteiger charge is 2.14. The highest BCUT2D eigenvalue weighted by atomic mass is 16.5. The molecule has 0 bridgehead atoms. The van der Waals surface area contributed by atoms with Crippen LogP contribution in [0.3, 0.4) is 0 Å². The summed E-state index contributed by atoms with van der Waals surface area (Å²) in [5.41, 5.74) is -0.351. The molecule has 1 radical (unpaired) electrons. The van der Waals surface area contributed by atoms with E-state index in [4.69, 9.17) is 14.9 Å². The lowest BCUT2D eigenvalue weighted by atomic mass is 10.1. The lowest BCUT2D eigenvalue weighted by Crippen LogP contribution is -2.04. The van der Waals surface area contributed by atoms with Crippen LogP contribution in [0, 0.1) is 6.07 Å². The van der Waals surface area contributed by atoms with Crippen LogP contribution in [0.15, 0.2) is 12.1 Å². The van der Waals surface area contributed by atoms with Gasteiger partial charge >= 0.3 is 11.9 Å². The molecule has 1 aromatic carbocycles. The molecular weight excluding hydrogens is 188 g/mol. The summed E-state index contributed by atoms with van der Waals surface area (Å²) in [6, 6.07) is 4.62. The molecule has 0 aliphatic carbocycles. The SMILES string of the molecule is COc1[c]cc(C(=O)O)cc1C(=O)O. The Hall–Kier alpha value is -2.04. The van der Waals surface area contributed by atoms with Crippen molar-refractivity contribution in [1.82, 2.24) is 0 Å². The Morgan fingerprint density at radius 2 is 2.00 bits per heavy atom. The Bertz CT molecular complexity index is 383. The molecule has 0 atom stereocenters. The highest BCUT2D eigenvalue weighted by Crippen LogP contribution is 2.18. The normalized spacial score (nSPS) is 9.50. The van der Waals surface area contributed by atoms with Gasteiger partial charge in [0, 0.05) is 6.07 Å². The molecule has 0 fully saturated rings. The van der Waals surface area contributed by atoms with E-state index in [1.165, 1.54) is 7.11 Å². The first-order valence-electron chi connectivity index (χ1n) is 3.62. The molecule has 5 nitrogen and oxygen atoms in total. The molecule has 1 aromatic rings. The Balaban J connectivity index is 3.27. The molecule has 0 amide bonds. The zero-order valence-corrected chi connectivity index (χ0v) is 7.27. The number of aromatic carboxylic acids is 2. The summed E-state index contributed by atoms with van der Waals surface area (Å²) in [4.78, 5) is 21.2. The number of benzene rings is 1. The van der Waals surface area contributed by atoms with E-state index in [9.17, 15) is 9.59 Å². The number of hydrogen-bond donors (Lipinski definition) is 2. The van der Waals surface area contributed by atoms with Crippen LogP contribution in [-0.2, 0) is 0 Å². The first-order chi connectivity index (χ1) is 6.56. The van der Waals surface area contributed by atoms with Crippen molar-refractivity contribution < 1.29 is 24.5 Å². The zero-order valence-electron chi connectivity index (χ0n) is 7.27. The summed E-state index contributed by atoms with van der Waals surface area (Å²) in [6.07, 6.45) is 0. The van der Waals surface area contributed by atoms with Gasteiger partial charge in [-0.25, -0.2) is 9.59 Å². The molecule has 14 heavy (non-hydrogen) atoms. The van der Waals surface area contributed by atoms with Crippen LogP contribution < -0.4 is 4.74 Å². The van der Waals surface area contributed by atoms with Crippen molar-refractivity contribution in [3.05, 3.63) is 29.3 Å². The van der Waals surface area contributed by atoms with Crippen molar-refractivity contribution in [1.29, 1.82) is 0 Å².